The van der Waals surface area contributed by atoms with Gasteiger partial charge in [-0.25, -0.2) is 0 Å². The lowest BCUT2D eigenvalue weighted by atomic mass is 9.87. The van der Waals surface area contributed by atoms with Gasteiger partial charge < -0.3 is 20.9 Å². The van der Waals surface area contributed by atoms with Gasteiger partial charge >= 0.3 is 0 Å². The van der Waals surface area contributed by atoms with Gasteiger partial charge in [0, 0.05) is 30.1 Å². The number of rotatable bonds is 5. The molecule has 2 aliphatic carbocycles. The van der Waals surface area contributed by atoms with Crippen molar-refractivity contribution < 1.29 is 9.32 Å². The molecule has 2 fully saturated rings. The van der Waals surface area contributed by atoms with Gasteiger partial charge in [0.1, 0.15) is 5.76 Å². The van der Waals surface area contributed by atoms with E-state index in [1.165, 1.54) is 16.9 Å². The number of aromatic nitrogens is 1. The fourth-order valence-electron chi connectivity index (χ4n) is 3.12. The van der Waals surface area contributed by atoms with Crippen LogP contribution in [0.25, 0.3) is 0 Å². The lowest BCUT2D eigenvalue weighted by molar-refractivity contribution is 0.102. The summed E-state index contributed by atoms with van der Waals surface area (Å²) >= 11 is 1.47. The van der Waals surface area contributed by atoms with Crippen molar-refractivity contribution in [2.75, 3.05) is 5.32 Å². The number of nitrogens with zero attached hydrogens (tertiary/aromatic N) is 1. The van der Waals surface area contributed by atoms with Crippen molar-refractivity contribution in [1.29, 1.82) is 0 Å². The molecule has 2 atom stereocenters. The van der Waals surface area contributed by atoms with Crippen LogP contribution in [0.1, 0.15) is 46.2 Å². The van der Waals surface area contributed by atoms with Crippen molar-refractivity contribution >= 4 is 23.1 Å². The monoisotopic (exact) mass is 332 g/mol. The number of hydrogen-bond donors (Lipinski definition) is 3. The van der Waals surface area contributed by atoms with Gasteiger partial charge in [-0.1, -0.05) is 5.16 Å². The zero-order chi connectivity index (χ0) is 16.0. The van der Waals surface area contributed by atoms with E-state index in [-0.39, 0.29) is 5.91 Å². The Kier molecular flexibility index (Phi) is 3.71. The highest BCUT2D eigenvalue weighted by molar-refractivity contribution is 7.12. The van der Waals surface area contributed by atoms with E-state index in [4.69, 9.17) is 10.3 Å². The highest BCUT2D eigenvalue weighted by atomic mass is 32.1. The van der Waals surface area contributed by atoms with Gasteiger partial charge in [0.05, 0.1) is 4.88 Å². The second kappa shape index (κ2) is 5.74. The molecule has 0 bridgehead atoms. The first-order valence-electron chi connectivity index (χ1n) is 7.93. The van der Waals surface area contributed by atoms with E-state index >= 15 is 0 Å². The van der Waals surface area contributed by atoms with Crippen LogP contribution in [0.5, 0.6) is 0 Å². The van der Waals surface area contributed by atoms with Crippen LogP contribution in [0, 0.1) is 6.92 Å². The fraction of sp³-hybridized carbons (Fsp3) is 0.500. The molecular weight excluding hydrogens is 312 g/mol. The molecule has 2 aromatic rings. The molecule has 0 saturated heterocycles. The molecule has 2 unspecified atom stereocenters. The number of carbonyl (C=O) groups excluding carboxylic acids is 1. The normalized spacial score (nSPS) is 29.1. The van der Waals surface area contributed by atoms with Crippen molar-refractivity contribution in [3.05, 3.63) is 33.7 Å². The third kappa shape index (κ3) is 3.17. The molecule has 0 radical (unpaired) electrons. The fourth-order valence-corrected chi connectivity index (χ4v) is 3.98. The van der Waals surface area contributed by atoms with Gasteiger partial charge in [-0.05, 0) is 43.2 Å². The number of nitrogens with one attached hydrogen (secondary N) is 2. The van der Waals surface area contributed by atoms with E-state index < -0.39 is 0 Å². The second-order valence-corrected chi connectivity index (χ2v) is 7.48. The molecule has 4 rings (SSSR count). The minimum atomic E-state index is -0.135. The summed E-state index contributed by atoms with van der Waals surface area (Å²) in [5.41, 5.74) is 7.07. The summed E-state index contributed by atoms with van der Waals surface area (Å²) in [6.07, 6.45) is 3.31. The second-order valence-electron chi connectivity index (χ2n) is 6.56. The molecule has 2 saturated carbocycles. The summed E-state index contributed by atoms with van der Waals surface area (Å²) in [6.45, 7) is 1.79. The Labute approximate surface area is 138 Å². The average Bonchev–Trinajstić information content (AvgIpc) is 2.90. The highest BCUT2D eigenvalue weighted by Crippen LogP contribution is 2.43. The van der Waals surface area contributed by atoms with Crippen LogP contribution in [0.2, 0.25) is 0 Å². The number of anilines is 1. The van der Waals surface area contributed by atoms with Gasteiger partial charge in [-0.15, -0.1) is 11.3 Å². The predicted octanol–water partition coefficient (Wildman–Crippen LogP) is 2.23. The van der Waals surface area contributed by atoms with Gasteiger partial charge in [-0.2, -0.15) is 0 Å². The minimum Gasteiger partial charge on any atom is -0.360 e. The lowest BCUT2D eigenvalue weighted by Gasteiger charge is -2.33. The summed E-state index contributed by atoms with van der Waals surface area (Å²) < 4.78 is 4.95. The molecule has 7 heteroatoms. The number of hydrogen-bond acceptors (Lipinski definition) is 6. The first kappa shape index (κ1) is 14.9. The number of aryl methyl sites for hydroxylation is 1. The molecule has 0 aromatic carbocycles. The molecule has 0 spiro atoms. The largest absolute Gasteiger partial charge is 0.360 e. The third-order valence-corrected chi connectivity index (χ3v) is 5.50. The number of amides is 1. The molecule has 0 aliphatic heterocycles. The summed E-state index contributed by atoms with van der Waals surface area (Å²) in [6, 6.07) is 5.19. The van der Waals surface area contributed by atoms with E-state index in [0.717, 1.165) is 19.3 Å². The molecule has 23 heavy (non-hydrogen) atoms. The topological polar surface area (TPSA) is 93.2 Å². The van der Waals surface area contributed by atoms with E-state index in [0.29, 0.717) is 40.5 Å². The SMILES string of the molecule is Cc1cc(NC(=O)c2cc(C3CC3NC3CC(N)C3)cs2)no1. The Morgan fingerprint density at radius 2 is 2.22 bits per heavy atom. The first-order valence-corrected chi connectivity index (χ1v) is 8.81. The third-order valence-electron chi connectivity index (χ3n) is 4.56. The quantitative estimate of drug-likeness (QED) is 0.781. The maximum absolute atomic E-state index is 12.2. The standard InChI is InChI=1S/C16H20N4O2S/c1-8-2-15(20-22-8)19-16(21)14-3-9(7-23-14)12-6-13(12)18-11-4-10(17)5-11/h2-3,7,10-13,18H,4-6,17H2,1H3,(H,19,20,21). The molecule has 6 nitrogen and oxygen atoms in total. The maximum Gasteiger partial charge on any atom is 0.266 e. The van der Waals surface area contributed by atoms with Crippen molar-refractivity contribution in [3.8, 4) is 0 Å². The number of thiophene rings is 1. The smallest absolute Gasteiger partial charge is 0.266 e. The Balaban J connectivity index is 1.33. The van der Waals surface area contributed by atoms with Crippen molar-refractivity contribution in [2.24, 2.45) is 5.73 Å². The van der Waals surface area contributed by atoms with Gasteiger partial charge in [-0.3, -0.25) is 4.79 Å². The van der Waals surface area contributed by atoms with Crippen LogP contribution in [0.4, 0.5) is 5.82 Å². The van der Waals surface area contributed by atoms with E-state index in [1.54, 1.807) is 13.0 Å². The zero-order valence-corrected chi connectivity index (χ0v) is 13.7. The van der Waals surface area contributed by atoms with E-state index in [1.807, 2.05) is 6.07 Å². The summed E-state index contributed by atoms with van der Waals surface area (Å²) in [5.74, 6) is 1.52. The maximum atomic E-state index is 12.2. The van der Waals surface area contributed by atoms with Crippen LogP contribution in [0.3, 0.4) is 0 Å². The number of nitrogens with two attached hydrogens (primary N) is 1. The summed E-state index contributed by atoms with van der Waals surface area (Å²) in [7, 11) is 0. The Morgan fingerprint density at radius 1 is 1.39 bits per heavy atom. The molecule has 2 heterocycles. The lowest BCUT2D eigenvalue weighted by Crippen LogP contribution is -2.49. The number of carbonyl (C=O) groups is 1. The van der Waals surface area contributed by atoms with E-state index in [2.05, 4.69) is 21.2 Å². The first-order chi connectivity index (χ1) is 11.1. The van der Waals surface area contributed by atoms with E-state index in [9.17, 15) is 4.79 Å². The Morgan fingerprint density at radius 3 is 2.91 bits per heavy atom. The molecular formula is C16H20N4O2S. The van der Waals surface area contributed by atoms with Crippen molar-refractivity contribution in [2.45, 2.75) is 50.2 Å². The van der Waals surface area contributed by atoms with Gasteiger partial charge in [0.2, 0.25) is 0 Å². The molecule has 122 valence electrons. The Hall–Kier alpha value is -1.70. The van der Waals surface area contributed by atoms with Crippen molar-refractivity contribution in [3.63, 3.8) is 0 Å². The molecule has 2 aromatic heterocycles. The summed E-state index contributed by atoms with van der Waals surface area (Å²) in [4.78, 5) is 12.9. The predicted molar refractivity (Wildman–Crippen MR) is 88.8 cm³/mol. The highest BCUT2D eigenvalue weighted by Gasteiger charge is 2.42. The van der Waals surface area contributed by atoms with Crippen LogP contribution in [0.15, 0.2) is 22.0 Å². The van der Waals surface area contributed by atoms with Crippen LogP contribution < -0.4 is 16.4 Å². The van der Waals surface area contributed by atoms with Crippen molar-refractivity contribution in [1.82, 2.24) is 10.5 Å². The van der Waals surface area contributed by atoms with Crippen LogP contribution in [-0.2, 0) is 0 Å². The molecule has 1 amide bonds. The summed E-state index contributed by atoms with van der Waals surface area (Å²) in [5, 5.41) is 12.3. The zero-order valence-electron chi connectivity index (χ0n) is 12.9. The van der Waals surface area contributed by atoms with Gasteiger partial charge in [0.25, 0.3) is 5.91 Å². The van der Waals surface area contributed by atoms with Gasteiger partial charge in [0.15, 0.2) is 5.82 Å². The van der Waals surface area contributed by atoms with Crippen LogP contribution in [-0.4, -0.2) is 29.2 Å². The molecule has 2 aliphatic rings. The molecule has 4 N–H and O–H groups in total. The average molecular weight is 332 g/mol. The minimum absolute atomic E-state index is 0.135. The Bertz CT molecular complexity index is 719. The van der Waals surface area contributed by atoms with Crippen LogP contribution >= 0.6 is 11.3 Å².